The van der Waals surface area contributed by atoms with Crippen LogP contribution in [-0.2, 0) is 13.0 Å². The van der Waals surface area contributed by atoms with Crippen LogP contribution in [-0.4, -0.2) is 9.55 Å². The molecule has 0 unspecified atom stereocenters. The Morgan fingerprint density at radius 3 is 2.81 bits per heavy atom. The van der Waals surface area contributed by atoms with Crippen molar-refractivity contribution in [2.75, 3.05) is 5.73 Å². The fourth-order valence-electron chi connectivity index (χ4n) is 2.74. The monoisotopic (exact) mass is 299 g/mol. The molecule has 3 rings (SSSR count). The topological polar surface area (TPSA) is 43.8 Å². The minimum atomic E-state index is 0.392. The van der Waals surface area contributed by atoms with E-state index in [2.05, 4.69) is 42.9 Å². The maximum atomic E-state index is 5.89. The lowest BCUT2D eigenvalue weighted by Crippen LogP contribution is -2.06. The van der Waals surface area contributed by atoms with Gasteiger partial charge in [-0.25, -0.2) is 4.98 Å². The molecule has 0 aliphatic heterocycles. The van der Waals surface area contributed by atoms with E-state index in [-0.39, 0.29) is 0 Å². The van der Waals surface area contributed by atoms with E-state index in [9.17, 15) is 0 Å². The summed E-state index contributed by atoms with van der Waals surface area (Å²) in [6.07, 6.45) is 1.08. The minimum Gasteiger partial charge on any atom is -0.399 e. The van der Waals surface area contributed by atoms with Gasteiger partial charge in [-0.1, -0.05) is 20.8 Å². The molecule has 0 amide bonds. The summed E-state index contributed by atoms with van der Waals surface area (Å²) in [4.78, 5) is 6.22. The number of fused-ring (bicyclic) bond motifs is 1. The molecular weight excluding hydrogens is 278 g/mol. The summed E-state index contributed by atoms with van der Waals surface area (Å²) >= 11 is 1.83. The van der Waals surface area contributed by atoms with Crippen molar-refractivity contribution in [2.45, 2.75) is 39.7 Å². The first kappa shape index (κ1) is 14.1. The number of hydrogen-bond acceptors (Lipinski definition) is 3. The highest BCUT2D eigenvalue weighted by Crippen LogP contribution is 2.27. The third-order valence-electron chi connectivity index (χ3n) is 3.84. The third kappa shape index (κ3) is 2.56. The fraction of sp³-hybridized carbons (Fsp3) is 0.353. The van der Waals surface area contributed by atoms with E-state index in [0.717, 1.165) is 30.0 Å². The van der Waals surface area contributed by atoms with Gasteiger partial charge in [0.25, 0.3) is 0 Å². The van der Waals surface area contributed by atoms with Crippen LogP contribution < -0.4 is 5.73 Å². The van der Waals surface area contributed by atoms with E-state index in [1.54, 1.807) is 0 Å². The van der Waals surface area contributed by atoms with Crippen LogP contribution in [0, 0.1) is 0 Å². The number of anilines is 1. The SMILES string of the molecule is CCc1ccsc1Cn1c(C(C)C)nc2cc(N)ccc21. The molecule has 1 aromatic carbocycles. The predicted molar refractivity (Wildman–Crippen MR) is 91.0 cm³/mol. The number of nitrogens with zero attached hydrogens (tertiary/aromatic N) is 2. The highest BCUT2D eigenvalue weighted by Gasteiger charge is 2.15. The molecule has 3 aromatic rings. The highest BCUT2D eigenvalue weighted by atomic mass is 32.1. The molecule has 0 aliphatic rings. The number of nitrogens with two attached hydrogens (primary N) is 1. The number of aryl methyl sites for hydroxylation is 1. The molecule has 0 spiro atoms. The van der Waals surface area contributed by atoms with E-state index in [0.29, 0.717) is 5.92 Å². The lowest BCUT2D eigenvalue weighted by Gasteiger charge is -2.11. The average Bonchev–Trinajstić information content (AvgIpc) is 3.03. The van der Waals surface area contributed by atoms with Crippen LogP contribution in [0.2, 0.25) is 0 Å². The van der Waals surface area contributed by atoms with Crippen LogP contribution >= 0.6 is 11.3 Å². The van der Waals surface area contributed by atoms with Crippen LogP contribution in [0.5, 0.6) is 0 Å². The molecule has 3 nitrogen and oxygen atoms in total. The molecule has 2 N–H and O–H groups in total. The maximum Gasteiger partial charge on any atom is 0.112 e. The van der Waals surface area contributed by atoms with Gasteiger partial charge in [0.2, 0.25) is 0 Å². The summed E-state index contributed by atoms with van der Waals surface area (Å²) in [7, 11) is 0. The molecule has 0 radical (unpaired) electrons. The van der Waals surface area contributed by atoms with Gasteiger partial charge in [-0.05, 0) is 41.6 Å². The first-order valence-corrected chi connectivity index (χ1v) is 8.29. The standard InChI is InChI=1S/C17H21N3S/c1-4-12-7-8-21-16(12)10-20-15-6-5-13(18)9-14(15)19-17(20)11(2)3/h5-9,11H,4,10,18H2,1-3H3. The molecule has 0 saturated carbocycles. The fourth-order valence-corrected chi connectivity index (χ4v) is 3.70. The largest absolute Gasteiger partial charge is 0.399 e. The number of nitrogen functional groups attached to an aromatic ring is 1. The second-order valence-corrected chi connectivity index (χ2v) is 6.68. The highest BCUT2D eigenvalue weighted by molar-refractivity contribution is 7.10. The van der Waals surface area contributed by atoms with Gasteiger partial charge in [0, 0.05) is 16.5 Å². The number of hydrogen-bond donors (Lipinski definition) is 1. The van der Waals surface area contributed by atoms with E-state index < -0.39 is 0 Å². The van der Waals surface area contributed by atoms with Crippen molar-refractivity contribution in [3.63, 3.8) is 0 Å². The second-order valence-electron chi connectivity index (χ2n) is 5.68. The Morgan fingerprint density at radius 2 is 2.10 bits per heavy atom. The Morgan fingerprint density at radius 1 is 1.29 bits per heavy atom. The number of aromatic nitrogens is 2. The van der Waals surface area contributed by atoms with Gasteiger partial charge in [-0.2, -0.15) is 0 Å². The summed E-state index contributed by atoms with van der Waals surface area (Å²) in [5.74, 6) is 1.52. The Labute approximate surface area is 129 Å². The van der Waals surface area contributed by atoms with Gasteiger partial charge in [-0.15, -0.1) is 11.3 Å². The lowest BCUT2D eigenvalue weighted by atomic mass is 10.2. The zero-order valence-corrected chi connectivity index (χ0v) is 13.6. The van der Waals surface area contributed by atoms with Crippen LogP contribution in [0.3, 0.4) is 0 Å². The van der Waals surface area contributed by atoms with Gasteiger partial charge in [0.05, 0.1) is 17.6 Å². The minimum absolute atomic E-state index is 0.392. The first-order valence-electron chi connectivity index (χ1n) is 7.41. The zero-order valence-electron chi connectivity index (χ0n) is 12.8. The number of imidazole rings is 1. The number of thiophene rings is 1. The Kier molecular flexibility index (Phi) is 3.72. The Bertz CT molecular complexity index is 768. The van der Waals surface area contributed by atoms with Gasteiger partial charge < -0.3 is 10.3 Å². The number of benzene rings is 1. The van der Waals surface area contributed by atoms with Crippen LogP contribution in [0.15, 0.2) is 29.6 Å². The van der Waals surface area contributed by atoms with Gasteiger partial charge in [0.15, 0.2) is 0 Å². The van der Waals surface area contributed by atoms with Crippen LogP contribution in [0.25, 0.3) is 11.0 Å². The van der Waals surface area contributed by atoms with E-state index in [1.807, 2.05) is 23.5 Å². The van der Waals surface area contributed by atoms with Crippen molar-refractivity contribution >= 4 is 28.1 Å². The van der Waals surface area contributed by atoms with Gasteiger partial charge in [0.1, 0.15) is 5.82 Å². The van der Waals surface area contributed by atoms with Crippen molar-refractivity contribution in [2.24, 2.45) is 0 Å². The molecule has 2 aromatic heterocycles. The summed E-state index contributed by atoms with van der Waals surface area (Å²) in [5.41, 5.74) is 10.3. The zero-order chi connectivity index (χ0) is 15.0. The van der Waals surface area contributed by atoms with Crippen molar-refractivity contribution in [3.05, 3.63) is 45.9 Å². The van der Waals surface area contributed by atoms with Gasteiger partial charge in [-0.3, -0.25) is 0 Å². The molecule has 0 atom stereocenters. The summed E-state index contributed by atoms with van der Waals surface area (Å²) in [5, 5.41) is 2.18. The quantitative estimate of drug-likeness (QED) is 0.725. The number of rotatable bonds is 4. The van der Waals surface area contributed by atoms with Crippen LogP contribution in [0.1, 0.15) is 43.0 Å². The van der Waals surface area contributed by atoms with E-state index >= 15 is 0 Å². The molecular formula is C17H21N3S. The smallest absolute Gasteiger partial charge is 0.112 e. The van der Waals surface area contributed by atoms with Gasteiger partial charge >= 0.3 is 0 Å². The molecule has 0 bridgehead atoms. The van der Waals surface area contributed by atoms with E-state index in [4.69, 9.17) is 10.7 Å². The molecule has 0 fully saturated rings. The Balaban J connectivity index is 2.13. The van der Waals surface area contributed by atoms with Crippen LogP contribution in [0.4, 0.5) is 5.69 Å². The summed E-state index contributed by atoms with van der Waals surface area (Å²) in [6, 6.07) is 8.24. The van der Waals surface area contributed by atoms with E-state index in [1.165, 1.54) is 16.0 Å². The molecule has 21 heavy (non-hydrogen) atoms. The lowest BCUT2D eigenvalue weighted by molar-refractivity contribution is 0.685. The second kappa shape index (κ2) is 5.53. The van der Waals surface area contributed by atoms with Crippen molar-refractivity contribution in [1.82, 2.24) is 9.55 Å². The van der Waals surface area contributed by atoms with Crippen molar-refractivity contribution in [3.8, 4) is 0 Å². The van der Waals surface area contributed by atoms with Crippen molar-refractivity contribution < 1.29 is 0 Å². The summed E-state index contributed by atoms with van der Waals surface area (Å²) in [6.45, 7) is 7.49. The third-order valence-corrected chi connectivity index (χ3v) is 4.79. The normalized spacial score (nSPS) is 11.6. The predicted octanol–water partition coefficient (Wildman–Crippen LogP) is 4.41. The molecule has 0 aliphatic carbocycles. The first-order chi connectivity index (χ1) is 10.1. The summed E-state index contributed by atoms with van der Waals surface area (Å²) < 4.78 is 2.34. The van der Waals surface area contributed by atoms with Crippen molar-refractivity contribution in [1.29, 1.82) is 0 Å². The molecule has 110 valence electrons. The molecule has 4 heteroatoms. The average molecular weight is 299 g/mol. The molecule has 2 heterocycles. The maximum absolute atomic E-state index is 5.89. The Hall–Kier alpha value is -1.81. The molecule has 0 saturated heterocycles.